The molecule has 0 spiro atoms. The highest BCUT2D eigenvalue weighted by Crippen LogP contribution is 2.17. The summed E-state index contributed by atoms with van der Waals surface area (Å²) in [5.74, 6) is 0.883. The Morgan fingerprint density at radius 2 is 2.17 bits per heavy atom. The van der Waals surface area contributed by atoms with Crippen LogP contribution in [-0.2, 0) is 0 Å². The quantitative estimate of drug-likeness (QED) is 0.715. The number of aromatic nitrogens is 3. The average molecular weight is 260 g/mol. The van der Waals surface area contributed by atoms with Gasteiger partial charge in [0.1, 0.15) is 12.4 Å². The molecule has 6 heteroatoms. The second-order valence-corrected chi connectivity index (χ2v) is 4.61. The Labute approximate surface area is 108 Å². The smallest absolute Gasteiger partial charge is 0.213 e. The Morgan fingerprint density at radius 1 is 1.28 bits per heavy atom. The molecule has 1 N–H and O–H groups in total. The molecule has 0 atom stereocenters. The van der Waals surface area contributed by atoms with E-state index in [-0.39, 0.29) is 0 Å². The van der Waals surface area contributed by atoms with Crippen LogP contribution in [0.25, 0.3) is 4.96 Å². The lowest BCUT2D eigenvalue weighted by atomic mass is 10.3. The van der Waals surface area contributed by atoms with Gasteiger partial charge in [-0.2, -0.15) is 0 Å². The Morgan fingerprint density at radius 3 is 3.00 bits per heavy atom. The molecule has 0 unspecified atom stereocenters. The third-order valence-corrected chi connectivity index (χ3v) is 3.26. The van der Waals surface area contributed by atoms with Crippen molar-refractivity contribution in [3.8, 4) is 5.75 Å². The van der Waals surface area contributed by atoms with Crippen LogP contribution in [0.1, 0.15) is 0 Å². The maximum Gasteiger partial charge on any atom is 0.213 e. The number of nitrogens with one attached hydrogen (secondary N) is 1. The number of anilines is 1. The maximum atomic E-state index is 5.58. The van der Waals surface area contributed by atoms with E-state index in [0.29, 0.717) is 13.2 Å². The first-order valence-corrected chi connectivity index (χ1v) is 6.45. The fourth-order valence-electron chi connectivity index (χ4n) is 1.55. The minimum Gasteiger partial charge on any atom is -0.492 e. The van der Waals surface area contributed by atoms with Gasteiger partial charge in [-0.25, -0.2) is 9.50 Å². The molecular formula is C12H12N4OS. The van der Waals surface area contributed by atoms with Crippen LogP contribution in [0, 0.1) is 0 Å². The average Bonchev–Trinajstić information content (AvgIpc) is 2.96. The molecule has 1 aromatic carbocycles. The Kier molecular flexibility index (Phi) is 3.10. The van der Waals surface area contributed by atoms with Crippen molar-refractivity contribution in [1.29, 1.82) is 0 Å². The van der Waals surface area contributed by atoms with Gasteiger partial charge in [-0.3, -0.25) is 0 Å². The lowest BCUT2D eigenvalue weighted by Gasteiger charge is -2.05. The van der Waals surface area contributed by atoms with Gasteiger partial charge in [0.2, 0.25) is 10.1 Å². The summed E-state index contributed by atoms with van der Waals surface area (Å²) in [6, 6.07) is 9.77. The highest BCUT2D eigenvalue weighted by atomic mass is 32.1. The van der Waals surface area contributed by atoms with Crippen molar-refractivity contribution in [1.82, 2.24) is 14.6 Å². The number of nitrogens with zero attached hydrogens (tertiary/aromatic N) is 3. The zero-order valence-corrected chi connectivity index (χ0v) is 10.4. The van der Waals surface area contributed by atoms with E-state index in [9.17, 15) is 0 Å². The van der Waals surface area contributed by atoms with Crippen LogP contribution < -0.4 is 10.1 Å². The van der Waals surface area contributed by atoms with Gasteiger partial charge in [0.25, 0.3) is 0 Å². The van der Waals surface area contributed by atoms with Gasteiger partial charge in [0.05, 0.1) is 12.7 Å². The molecule has 0 aliphatic rings. The van der Waals surface area contributed by atoms with Gasteiger partial charge in [-0.05, 0) is 12.1 Å². The van der Waals surface area contributed by atoms with Crippen LogP contribution in [-0.4, -0.2) is 27.7 Å². The minimum absolute atomic E-state index is 0.603. The zero-order valence-electron chi connectivity index (χ0n) is 9.61. The van der Waals surface area contributed by atoms with E-state index in [4.69, 9.17) is 4.74 Å². The zero-order chi connectivity index (χ0) is 12.2. The van der Waals surface area contributed by atoms with E-state index in [1.165, 1.54) is 11.3 Å². The molecule has 3 rings (SSSR count). The summed E-state index contributed by atoms with van der Waals surface area (Å²) in [4.78, 5) is 5.05. The van der Waals surface area contributed by atoms with Crippen LogP contribution in [0.5, 0.6) is 5.75 Å². The molecule has 0 saturated carbocycles. The Hall–Kier alpha value is -2.08. The second-order valence-electron chi connectivity index (χ2n) is 3.65. The van der Waals surface area contributed by atoms with Gasteiger partial charge in [0, 0.05) is 6.20 Å². The van der Waals surface area contributed by atoms with E-state index in [1.54, 1.807) is 10.7 Å². The third kappa shape index (κ3) is 2.43. The molecule has 2 aromatic heterocycles. The number of benzene rings is 1. The summed E-state index contributed by atoms with van der Waals surface area (Å²) in [7, 11) is 0. The standard InChI is InChI=1S/C12H12N4OS/c1-2-4-10(5-3-1)17-9-7-13-11-15-16-8-6-14-12(16)18-11/h1-6,8H,7,9H2,(H,13,15). The van der Waals surface area contributed by atoms with Crippen LogP contribution in [0.2, 0.25) is 0 Å². The summed E-state index contributed by atoms with van der Waals surface area (Å²) >= 11 is 1.52. The molecule has 0 amide bonds. The van der Waals surface area contributed by atoms with E-state index in [0.717, 1.165) is 15.8 Å². The van der Waals surface area contributed by atoms with Crippen molar-refractivity contribution in [2.75, 3.05) is 18.5 Å². The lowest BCUT2D eigenvalue weighted by molar-refractivity contribution is 0.333. The number of hydrogen-bond donors (Lipinski definition) is 1. The summed E-state index contributed by atoms with van der Waals surface area (Å²) < 4.78 is 7.33. The highest BCUT2D eigenvalue weighted by molar-refractivity contribution is 7.20. The minimum atomic E-state index is 0.603. The molecule has 92 valence electrons. The van der Waals surface area contributed by atoms with Crippen molar-refractivity contribution in [2.45, 2.75) is 0 Å². The SMILES string of the molecule is c1ccc(OCCNc2nn3ccnc3s2)cc1. The van der Waals surface area contributed by atoms with Crippen molar-refractivity contribution < 1.29 is 4.74 Å². The number of rotatable bonds is 5. The first kappa shape index (κ1) is 11.0. The van der Waals surface area contributed by atoms with Gasteiger partial charge in [-0.1, -0.05) is 29.5 Å². The molecule has 5 nitrogen and oxygen atoms in total. The summed E-state index contributed by atoms with van der Waals surface area (Å²) in [5, 5.41) is 8.39. The van der Waals surface area contributed by atoms with Gasteiger partial charge < -0.3 is 10.1 Å². The summed E-state index contributed by atoms with van der Waals surface area (Å²) in [6.45, 7) is 1.32. The number of ether oxygens (including phenoxy) is 1. The van der Waals surface area contributed by atoms with E-state index in [2.05, 4.69) is 15.4 Å². The van der Waals surface area contributed by atoms with Crippen molar-refractivity contribution in [3.63, 3.8) is 0 Å². The molecule has 0 aliphatic heterocycles. The molecule has 3 aromatic rings. The molecule has 18 heavy (non-hydrogen) atoms. The number of fused-ring (bicyclic) bond motifs is 1. The van der Waals surface area contributed by atoms with Crippen LogP contribution in [0.3, 0.4) is 0 Å². The molecule has 0 radical (unpaired) electrons. The largest absolute Gasteiger partial charge is 0.492 e. The fourth-order valence-corrected chi connectivity index (χ4v) is 2.34. The van der Waals surface area contributed by atoms with Crippen molar-refractivity contribution in [2.24, 2.45) is 0 Å². The number of hydrogen-bond acceptors (Lipinski definition) is 5. The topological polar surface area (TPSA) is 51.5 Å². The molecular weight excluding hydrogens is 248 g/mol. The van der Waals surface area contributed by atoms with Crippen molar-refractivity contribution in [3.05, 3.63) is 42.7 Å². The first-order valence-electron chi connectivity index (χ1n) is 5.64. The summed E-state index contributed by atoms with van der Waals surface area (Å²) in [5.41, 5.74) is 0. The van der Waals surface area contributed by atoms with Crippen LogP contribution in [0.15, 0.2) is 42.7 Å². The highest BCUT2D eigenvalue weighted by Gasteiger charge is 2.02. The van der Waals surface area contributed by atoms with Gasteiger partial charge in [-0.15, -0.1) is 5.10 Å². The second kappa shape index (κ2) is 5.05. The molecule has 0 saturated heterocycles. The molecule has 2 heterocycles. The van der Waals surface area contributed by atoms with Gasteiger partial charge in [0.15, 0.2) is 0 Å². The lowest BCUT2D eigenvalue weighted by Crippen LogP contribution is -2.11. The van der Waals surface area contributed by atoms with Crippen LogP contribution in [0.4, 0.5) is 5.13 Å². The predicted molar refractivity (Wildman–Crippen MR) is 71.3 cm³/mol. The number of para-hydroxylation sites is 1. The fraction of sp³-hybridized carbons (Fsp3) is 0.167. The normalized spacial score (nSPS) is 10.7. The van der Waals surface area contributed by atoms with Crippen molar-refractivity contribution >= 4 is 21.4 Å². The number of imidazole rings is 1. The Bertz CT molecular complexity index is 591. The first-order chi connectivity index (χ1) is 8.92. The molecule has 0 fully saturated rings. The van der Waals surface area contributed by atoms with E-state index < -0.39 is 0 Å². The monoisotopic (exact) mass is 260 g/mol. The third-order valence-electron chi connectivity index (χ3n) is 2.37. The predicted octanol–water partition coefficient (Wildman–Crippen LogP) is 2.28. The summed E-state index contributed by atoms with van der Waals surface area (Å²) in [6.07, 6.45) is 3.57. The molecule has 0 bridgehead atoms. The van der Waals surface area contributed by atoms with E-state index in [1.807, 2.05) is 36.5 Å². The molecule has 0 aliphatic carbocycles. The van der Waals surface area contributed by atoms with Gasteiger partial charge >= 0.3 is 0 Å². The van der Waals surface area contributed by atoms with E-state index >= 15 is 0 Å². The van der Waals surface area contributed by atoms with Crippen LogP contribution >= 0.6 is 11.3 Å². The Balaban J connectivity index is 1.49. The maximum absolute atomic E-state index is 5.58.